The Morgan fingerprint density at radius 1 is 1.31 bits per heavy atom. The molecule has 8 heteroatoms. The van der Waals surface area contributed by atoms with Crippen molar-refractivity contribution in [3.8, 4) is 0 Å². The Morgan fingerprint density at radius 2 is 2.10 bits per heavy atom. The number of rotatable bonds is 10. The highest BCUT2D eigenvalue weighted by Crippen LogP contribution is 2.35. The quantitative estimate of drug-likeness (QED) is 0.441. The Morgan fingerprint density at radius 3 is 2.83 bits per heavy atom. The Kier molecular flexibility index (Phi) is 8.41. The van der Waals surface area contributed by atoms with Gasteiger partial charge in [0.1, 0.15) is 10.9 Å². The molecule has 1 aliphatic rings. The highest BCUT2D eigenvalue weighted by atomic mass is 32.2. The molecule has 2 heterocycles. The van der Waals surface area contributed by atoms with E-state index in [1.54, 1.807) is 29.7 Å². The van der Waals surface area contributed by atoms with E-state index in [2.05, 4.69) is 38.9 Å². The molecule has 1 fully saturated rings. The largest absolute Gasteiger partial charge is 0.352 e. The van der Waals surface area contributed by atoms with Gasteiger partial charge in [0, 0.05) is 31.0 Å². The van der Waals surface area contributed by atoms with Gasteiger partial charge in [-0.2, -0.15) is 0 Å². The number of nitrogens with zero attached hydrogens (tertiary/aromatic N) is 4. The van der Waals surface area contributed by atoms with Gasteiger partial charge in [-0.15, -0.1) is 22.0 Å². The minimum absolute atomic E-state index is 0.0351. The van der Waals surface area contributed by atoms with E-state index in [1.165, 1.54) is 25.7 Å². The number of aryl methyl sites for hydroxylation is 1. The maximum Gasteiger partial charge on any atom is 0.254 e. The standard InChI is InChI=1S/C21H31N5OS2/c1-15(2)14-26-18(24-25-21(26)28-3)11-7-12-22-19(27)17-10-6-13-23-20(17)29-16-8-4-5-9-16/h6,10,13,15-16H,4-5,7-9,11-12,14H2,1-3H3,(H,22,27). The molecule has 6 nitrogen and oxygen atoms in total. The monoisotopic (exact) mass is 433 g/mol. The molecule has 0 saturated heterocycles. The topological polar surface area (TPSA) is 72.7 Å². The second-order valence-corrected chi connectivity index (χ2v) is 9.91. The molecule has 0 aliphatic heterocycles. The zero-order valence-corrected chi connectivity index (χ0v) is 19.2. The summed E-state index contributed by atoms with van der Waals surface area (Å²) in [6, 6.07) is 3.72. The molecule has 158 valence electrons. The number of carbonyl (C=O) groups is 1. The van der Waals surface area contributed by atoms with Crippen molar-refractivity contribution in [3.63, 3.8) is 0 Å². The van der Waals surface area contributed by atoms with Gasteiger partial charge in [-0.3, -0.25) is 4.79 Å². The zero-order chi connectivity index (χ0) is 20.6. The zero-order valence-electron chi connectivity index (χ0n) is 17.6. The van der Waals surface area contributed by atoms with Crippen LogP contribution < -0.4 is 5.32 Å². The first-order chi connectivity index (χ1) is 14.1. The van der Waals surface area contributed by atoms with Gasteiger partial charge in [0.15, 0.2) is 5.16 Å². The second kappa shape index (κ2) is 11.0. The lowest BCUT2D eigenvalue weighted by molar-refractivity contribution is 0.0949. The van der Waals surface area contributed by atoms with Crippen molar-refractivity contribution in [2.75, 3.05) is 12.8 Å². The molecule has 29 heavy (non-hydrogen) atoms. The minimum Gasteiger partial charge on any atom is -0.352 e. The number of carbonyl (C=O) groups excluding carboxylic acids is 1. The SMILES string of the molecule is CSc1nnc(CCCNC(=O)c2cccnc2SC2CCCC2)n1CC(C)C. The summed E-state index contributed by atoms with van der Waals surface area (Å²) in [5.41, 5.74) is 0.692. The minimum atomic E-state index is -0.0351. The molecule has 2 aromatic rings. The predicted molar refractivity (Wildman–Crippen MR) is 120 cm³/mol. The van der Waals surface area contributed by atoms with Crippen molar-refractivity contribution in [3.05, 3.63) is 29.7 Å². The molecule has 0 radical (unpaired) electrons. The van der Waals surface area contributed by atoms with Crippen molar-refractivity contribution in [2.24, 2.45) is 5.92 Å². The number of thioether (sulfide) groups is 2. The molecule has 1 N–H and O–H groups in total. The molecular formula is C21H31N5OS2. The van der Waals surface area contributed by atoms with Gasteiger partial charge >= 0.3 is 0 Å². The van der Waals surface area contributed by atoms with Crippen LogP contribution in [-0.2, 0) is 13.0 Å². The number of pyridine rings is 1. The molecular weight excluding hydrogens is 402 g/mol. The van der Waals surface area contributed by atoms with Gasteiger partial charge < -0.3 is 9.88 Å². The highest BCUT2D eigenvalue weighted by Gasteiger charge is 2.20. The molecule has 1 aliphatic carbocycles. The van der Waals surface area contributed by atoms with Crippen molar-refractivity contribution < 1.29 is 4.79 Å². The Hall–Kier alpha value is -1.54. The third-order valence-electron chi connectivity index (χ3n) is 4.98. The van der Waals surface area contributed by atoms with Crippen molar-refractivity contribution in [1.82, 2.24) is 25.1 Å². The summed E-state index contributed by atoms with van der Waals surface area (Å²) < 4.78 is 2.20. The number of aromatic nitrogens is 4. The fraction of sp³-hybridized carbons (Fsp3) is 0.619. The van der Waals surface area contributed by atoms with E-state index in [1.807, 2.05) is 18.4 Å². The van der Waals surface area contributed by atoms with Crippen LogP contribution >= 0.6 is 23.5 Å². The van der Waals surface area contributed by atoms with Gasteiger partial charge in [-0.05, 0) is 43.6 Å². The maximum absolute atomic E-state index is 12.7. The molecule has 2 aromatic heterocycles. The molecule has 0 aromatic carbocycles. The Balaban J connectivity index is 1.52. The van der Waals surface area contributed by atoms with Crippen molar-refractivity contribution in [1.29, 1.82) is 0 Å². The average Bonchev–Trinajstić information content (AvgIpc) is 3.35. The van der Waals surface area contributed by atoms with Crippen LogP contribution in [0.25, 0.3) is 0 Å². The first kappa shape index (κ1) is 22.2. The van der Waals surface area contributed by atoms with Crippen molar-refractivity contribution in [2.45, 2.75) is 74.3 Å². The summed E-state index contributed by atoms with van der Waals surface area (Å²) in [6.07, 6.45) is 10.4. The van der Waals surface area contributed by atoms with Gasteiger partial charge in [-0.1, -0.05) is 38.5 Å². The summed E-state index contributed by atoms with van der Waals surface area (Å²) in [5.74, 6) is 1.50. The van der Waals surface area contributed by atoms with E-state index in [9.17, 15) is 4.79 Å². The second-order valence-electron chi connectivity index (χ2n) is 7.85. The fourth-order valence-electron chi connectivity index (χ4n) is 3.57. The summed E-state index contributed by atoms with van der Waals surface area (Å²) in [7, 11) is 0. The number of hydrogen-bond donors (Lipinski definition) is 1. The van der Waals surface area contributed by atoms with Crippen LogP contribution in [0.2, 0.25) is 0 Å². The van der Waals surface area contributed by atoms with E-state index in [4.69, 9.17) is 0 Å². The fourth-order valence-corrected chi connectivity index (χ4v) is 5.39. The van der Waals surface area contributed by atoms with Crippen molar-refractivity contribution >= 4 is 29.4 Å². The van der Waals surface area contributed by atoms with E-state index in [0.717, 1.165) is 35.4 Å². The lowest BCUT2D eigenvalue weighted by atomic mass is 10.2. The molecule has 3 rings (SSSR count). The van der Waals surface area contributed by atoms with Gasteiger partial charge in [0.25, 0.3) is 5.91 Å². The predicted octanol–water partition coefficient (Wildman–Crippen LogP) is 4.45. The summed E-state index contributed by atoms with van der Waals surface area (Å²) in [6.45, 7) is 5.93. The van der Waals surface area contributed by atoms with Crippen LogP contribution in [0.3, 0.4) is 0 Å². The van der Waals surface area contributed by atoms with Crippen LogP contribution in [-0.4, -0.2) is 43.7 Å². The molecule has 0 unspecified atom stereocenters. The van der Waals surface area contributed by atoms with Gasteiger partial charge in [-0.25, -0.2) is 4.98 Å². The molecule has 0 atom stereocenters. The Bertz CT molecular complexity index is 802. The first-order valence-corrected chi connectivity index (χ1v) is 12.5. The third kappa shape index (κ3) is 6.22. The Labute approximate surface area is 182 Å². The van der Waals surface area contributed by atoms with Crippen LogP contribution in [0, 0.1) is 5.92 Å². The summed E-state index contributed by atoms with van der Waals surface area (Å²) in [5, 5.41) is 14.1. The third-order valence-corrected chi connectivity index (χ3v) is 7.00. The van der Waals surface area contributed by atoms with E-state index in [0.29, 0.717) is 23.3 Å². The smallest absolute Gasteiger partial charge is 0.254 e. The van der Waals surface area contributed by atoms with Crippen LogP contribution in [0.4, 0.5) is 0 Å². The first-order valence-electron chi connectivity index (χ1n) is 10.4. The average molecular weight is 434 g/mol. The molecule has 0 spiro atoms. The lowest BCUT2D eigenvalue weighted by Gasteiger charge is -2.13. The van der Waals surface area contributed by atoms with Crippen LogP contribution in [0.15, 0.2) is 28.5 Å². The van der Waals surface area contributed by atoms with Crippen LogP contribution in [0.5, 0.6) is 0 Å². The van der Waals surface area contributed by atoms with Gasteiger partial charge in [0.2, 0.25) is 0 Å². The number of nitrogens with one attached hydrogen (secondary N) is 1. The summed E-state index contributed by atoms with van der Waals surface area (Å²) in [4.78, 5) is 17.2. The summed E-state index contributed by atoms with van der Waals surface area (Å²) >= 11 is 3.38. The van der Waals surface area contributed by atoms with E-state index < -0.39 is 0 Å². The van der Waals surface area contributed by atoms with E-state index in [-0.39, 0.29) is 5.91 Å². The molecule has 0 bridgehead atoms. The highest BCUT2D eigenvalue weighted by molar-refractivity contribution is 8.00. The maximum atomic E-state index is 12.7. The molecule has 1 saturated carbocycles. The molecule has 1 amide bonds. The van der Waals surface area contributed by atoms with Gasteiger partial charge in [0.05, 0.1) is 5.56 Å². The lowest BCUT2D eigenvalue weighted by Crippen LogP contribution is -2.26. The normalized spacial score (nSPS) is 14.6. The number of hydrogen-bond acceptors (Lipinski definition) is 6. The van der Waals surface area contributed by atoms with E-state index >= 15 is 0 Å². The number of amides is 1. The van der Waals surface area contributed by atoms with Crippen LogP contribution in [0.1, 0.15) is 62.1 Å².